The first-order valence-electron chi connectivity index (χ1n) is 4.95. The van der Waals surface area contributed by atoms with Gasteiger partial charge in [0.2, 0.25) is 0 Å². The first-order chi connectivity index (χ1) is 7.22. The first-order valence-corrected chi connectivity index (χ1v) is 4.95. The van der Waals surface area contributed by atoms with E-state index < -0.39 is 0 Å². The van der Waals surface area contributed by atoms with Gasteiger partial charge in [0.05, 0.1) is 0 Å². The van der Waals surface area contributed by atoms with Gasteiger partial charge in [-0.15, -0.1) is 0 Å². The summed E-state index contributed by atoms with van der Waals surface area (Å²) in [5, 5.41) is 1.86. The molecule has 3 heteroatoms. The maximum atomic E-state index is 13.3. The lowest BCUT2D eigenvalue weighted by molar-refractivity contribution is 0.624. The van der Waals surface area contributed by atoms with Crippen LogP contribution in [0.3, 0.4) is 0 Å². The molecular formula is C12H13FN2. The van der Waals surface area contributed by atoms with E-state index in [-0.39, 0.29) is 11.7 Å². The molecule has 0 saturated heterocycles. The quantitative estimate of drug-likeness (QED) is 0.816. The summed E-state index contributed by atoms with van der Waals surface area (Å²) in [6, 6.07) is 4.87. The summed E-state index contributed by atoms with van der Waals surface area (Å²) >= 11 is 0. The molecule has 0 spiro atoms. The van der Waals surface area contributed by atoms with Crippen molar-refractivity contribution in [2.24, 2.45) is 5.73 Å². The van der Waals surface area contributed by atoms with Crippen molar-refractivity contribution >= 4 is 10.8 Å². The molecule has 0 saturated carbocycles. The fourth-order valence-electron chi connectivity index (χ4n) is 1.72. The number of benzene rings is 1. The Hall–Kier alpha value is -1.48. The van der Waals surface area contributed by atoms with Gasteiger partial charge in [0.15, 0.2) is 0 Å². The molecule has 2 aromatic rings. The highest BCUT2D eigenvalue weighted by atomic mass is 19.1. The highest BCUT2D eigenvalue weighted by Gasteiger charge is 2.09. The van der Waals surface area contributed by atoms with Crippen LogP contribution >= 0.6 is 0 Å². The molecule has 0 fully saturated rings. The van der Waals surface area contributed by atoms with Crippen molar-refractivity contribution in [3.63, 3.8) is 0 Å². The average molecular weight is 204 g/mol. The highest BCUT2D eigenvalue weighted by molar-refractivity contribution is 5.85. The second-order valence-electron chi connectivity index (χ2n) is 3.73. The lowest BCUT2D eigenvalue weighted by Crippen LogP contribution is -2.09. The number of nitrogens with zero attached hydrogens (tertiary/aromatic N) is 1. The normalized spacial score (nSPS) is 13.0. The summed E-state index contributed by atoms with van der Waals surface area (Å²) in [7, 11) is 0. The van der Waals surface area contributed by atoms with Crippen LogP contribution in [0.2, 0.25) is 0 Å². The molecule has 0 aliphatic heterocycles. The summed E-state index contributed by atoms with van der Waals surface area (Å²) in [6.07, 6.45) is 3.43. The van der Waals surface area contributed by atoms with E-state index in [1.807, 2.05) is 13.0 Å². The van der Waals surface area contributed by atoms with E-state index in [9.17, 15) is 4.39 Å². The number of rotatable bonds is 2. The van der Waals surface area contributed by atoms with E-state index in [2.05, 4.69) is 4.98 Å². The van der Waals surface area contributed by atoms with E-state index in [0.29, 0.717) is 6.54 Å². The zero-order valence-electron chi connectivity index (χ0n) is 8.57. The molecule has 2 nitrogen and oxygen atoms in total. The van der Waals surface area contributed by atoms with Gasteiger partial charge in [-0.1, -0.05) is 6.92 Å². The van der Waals surface area contributed by atoms with Gasteiger partial charge >= 0.3 is 0 Å². The minimum atomic E-state index is -0.219. The van der Waals surface area contributed by atoms with Gasteiger partial charge in [-0.3, -0.25) is 4.98 Å². The molecule has 0 amide bonds. The topological polar surface area (TPSA) is 38.9 Å². The fraction of sp³-hybridized carbons (Fsp3) is 0.250. The number of aromatic nitrogens is 1. The van der Waals surface area contributed by atoms with Gasteiger partial charge in [0.1, 0.15) is 5.82 Å². The van der Waals surface area contributed by atoms with Crippen molar-refractivity contribution in [3.05, 3.63) is 42.0 Å². The Balaban J connectivity index is 2.71. The molecule has 1 atom stereocenters. The molecule has 15 heavy (non-hydrogen) atoms. The molecule has 1 aromatic heterocycles. The highest BCUT2D eigenvalue weighted by Crippen LogP contribution is 2.25. The molecule has 0 bridgehead atoms. The summed E-state index contributed by atoms with van der Waals surface area (Å²) in [5.74, 6) is -0.0728. The standard InChI is InChI=1S/C12H13FN2/c1-8(6-14)11-5-10(13)4-9-2-3-15-7-12(9)11/h2-5,7-8H,6,14H2,1H3. The number of hydrogen-bond acceptors (Lipinski definition) is 2. The van der Waals surface area contributed by atoms with E-state index in [1.165, 1.54) is 6.07 Å². The number of pyridine rings is 1. The molecular weight excluding hydrogens is 191 g/mol. The SMILES string of the molecule is CC(CN)c1cc(F)cc2ccncc12. The van der Waals surface area contributed by atoms with Gasteiger partial charge in [0, 0.05) is 17.8 Å². The van der Waals surface area contributed by atoms with Gasteiger partial charge in [-0.2, -0.15) is 0 Å². The Morgan fingerprint density at radius 1 is 1.47 bits per heavy atom. The van der Waals surface area contributed by atoms with Crippen LogP contribution in [-0.4, -0.2) is 11.5 Å². The molecule has 2 N–H and O–H groups in total. The molecule has 2 rings (SSSR count). The van der Waals surface area contributed by atoms with Crippen LogP contribution in [0.1, 0.15) is 18.4 Å². The Morgan fingerprint density at radius 2 is 2.27 bits per heavy atom. The Morgan fingerprint density at radius 3 is 3.00 bits per heavy atom. The second kappa shape index (κ2) is 3.95. The molecule has 1 unspecified atom stereocenters. The predicted molar refractivity (Wildman–Crippen MR) is 59.2 cm³/mol. The summed E-state index contributed by atoms with van der Waals surface area (Å²) < 4.78 is 13.3. The van der Waals surface area contributed by atoms with Crippen molar-refractivity contribution in [2.45, 2.75) is 12.8 Å². The largest absolute Gasteiger partial charge is 0.330 e. The summed E-state index contributed by atoms with van der Waals surface area (Å²) in [5.41, 5.74) is 6.53. The van der Waals surface area contributed by atoms with E-state index in [1.54, 1.807) is 18.5 Å². The average Bonchev–Trinajstić information content (AvgIpc) is 2.26. The lowest BCUT2D eigenvalue weighted by Gasteiger charge is -2.12. The van der Waals surface area contributed by atoms with Crippen LogP contribution in [0.15, 0.2) is 30.6 Å². The predicted octanol–water partition coefficient (Wildman–Crippen LogP) is 2.44. The number of nitrogens with two attached hydrogens (primary N) is 1. The van der Waals surface area contributed by atoms with Crippen LogP contribution in [0.4, 0.5) is 4.39 Å². The molecule has 0 aliphatic carbocycles. The van der Waals surface area contributed by atoms with Gasteiger partial charge in [-0.25, -0.2) is 4.39 Å². The number of fused-ring (bicyclic) bond motifs is 1. The van der Waals surface area contributed by atoms with Crippen molar-refractivity contribution in [3.8, 4) is 0 Å². The van der Waals surface area contributed by atoms with E-state index in [4.69, 9.17) is 5.73 Å². The summed E-state index contributed by atoms with van der Waals surface area (Å²) in [4.78, 5) is 4.06. The van der Waals surface area contributed by atoms with Crippen molar-refractivity contribution in [2.75, 3.05) is 6.54 Å². The minimum absolute atomic E-state index is 0.146. The monoisotopic (exact) mass is 204 g/mol. The maximum absolute atomic E-state index is 13.3. The van der Waals surface area contributed by atoms with E-state index in [0.717, 1.165) is 16.3 Å². The third-order valence-corrected chi connectivity index (χ3v) is 2.64. The third-order valence-electron chi connectivity index (χ3n) is 2.64. The molecule has 0 aliphatic rings. The molecule has 0 radical (unpaired) electrons. The number of hydrogen-bond donors (Lipinski definition) is 1. The van der Waals surface area contributed by atoms with Crippen LogP contribution < -0.4 is 5.73 Å². The van der Waals surface area contributed by atoms with Crippen LogP contribution in [-0.2, 0) is 0 Å². The molecule has 1 aromatic carbocycles. The Bertz CT molecular complexity index is 482. The zero-order chi connectivity index (χ0) is 10.8. The number of halogens is 1. The second-order valence-corrected chi connectivity index (χ2v) is 3.73. The maximum Gasteiger partial charge on any atom is 0.124 e. The smallest absolute Gasteiger partial charge is 0.124 e. The Labute approximate surface area is 87.9 Å². The van der Waals surface area contributed by atoms with Gasteiger partial charge in [0.25, 0.3) is 0 Å². The minimum Gasteiger partial charge on any atom is -0.330 e. The third kappa shape index (κ3) is 1.83. The van der Waals surface area contributed by atoms with E-state index >= 15 is 0 Å². The summed E-state index contributed by atoms with van der Waals surface area (Å²) in [6.45, 7) is 2.49. The first kappa shape index (κ1) is 10.1. The van der Waals surface area contributed by atoms with Gasteiger partial charge in [-0.05, 0) is 41.6 Å². The van der Waals surface area contributed by atoms with Crippen LogP contribution in [0.5, 0.6) is 0 Å². The Kier molecular flexibility index (Phi) is 2.64. The zero-order valence-corrected chi connectivity index (χ0v) is 8.57. The van der Waals surface area contributed by atoms with Gasteiger partial charge < -0.3 is 5.73 Å². The molecule has 78 valence electrons. The van der Waals surface area contributed by atoms with Crippen molar-refractivity contribution in [1.82, 2.24) is 4.98 Å². The van der Waals surface area contributed by atoms with Crippen LogP contribution in [0, 0.1) is 5.82 Å². The fourth-order valence-corrected chi connectivity index (χ4v) is 1.72. The van der Waals surface area contributed by atoms with Crippen molar-refractivity contribution < 1.29 is 4.39 Å². The van der Waals surface area contributed by atoms with Crippen molar-refractivity contribution in [1.29, 1.82) is 0 Å². The van der Waals surface area contributed by atoms with Crippen LogP contribution in [0.25, 0.3) is 10.8 Å². The molecule has 1 heterocycles. The lowest BCUT2D eigenvalue weighted by atomic mass is 9.96.